The van der Waals surface area contributed by atoms with Crippen molar-refractivity contribution in [1.29, 1.82) is 0 Å². The van der Waals surface area contributed by atoms with Gasteiger partial charge in [-0.25, -0.2) is 0 Å². The van der Waals surface area contributed by atoms with Gasteiger partial charge in [0.15, 0.2) is 0 Å². The number of aliphatic hydroxyl groups excluding tert-OH is 1. The SMILES string of the molecule is C=C1CC[C@H](O)C/C1=C\C=C1/CCC[C@]2(C)[C@@H]([C@H](C)CC[C@H](CC)C(C)C)CC[C@@H]12. The molecule has 1 nitrogen and oxygen atoms in total. The summed E-state index contributed by atoms with van der Waals surface area (Å²) >= 11 is 0. The lowest BCUT2D eigenvalue weighted by atomic mass is 9.60. The molecule has 30 heavy (non-hydrogen) atoms. The molecule has 3 rings (SSSR count). The van der Waals surface area contributed by atoms with E-state index in [0.717, 1.165) is 48.9 Å². The lowest BCUT2D eigenvalue weighted by Crippen LogP contribution is -2.36. The Kier molecular flexibility index (Phi) is 8.10. The first-order valence-corrected chi connectivity index (χ1v) is 13.0. The summed E-state index contributed by atoms with van der Waals surface area (Å²) in [4.78, 5) is 0. The summed E-state index contributed by atoms with van der Waals surface area (Å²) in [5.74, 6) is 4.21. The average molecular weight is 413 g/mol. The summed E-state index contributed by atoms with van der Waals surface area (Å²) < 4.78 is 0. The summed E-state index contributed by atoms with van der Waals surface area (Å²) in [5, 5.41) is 10.1. The molecule has 0 aliphatic heterocycles. The number of allylic oxidation sites excluding steroid dienone is 4. The first-order valence-electron chi connectivity index (χ1n) is 13.0. The van der Waals surface area contributed by atoms with E-state index in [2.05, 4.69) is 53.3 Å². The molecule has 170 valence electrons. The van der Waals surface area contributed by atoms with Crippen LogP contribution < -0.4 is 0 Å². The van der Waals surface area contributed by atoms with Crippen molar-refractivity contribution >= 4 is 0 Å². The van der Waals surface area contributed by atoms with Crippen LogP contribution in [0.4, 0.5) is 0 Å². The second-order valence-corrected chi connectivity index (χ2v) is 11.5. The van der Waals surface area contributed by atoms with Crippen molar-refractivity contribution in [3.8, 4) is 0 Å². The molecule has 0 amide bonds. The van der Waals surface area contributed by atoms with Crippen LogP contribution in [0.3, 0.4) is 0 Å². The molecular formula is C29H48O. The van der Waals surface area contributed by atoms with Crippen molar-refractivity contribution in [3.63, 3.8) is 0 Å². The third-order valence-electron chi connectivity index (χ3n) is 9.37. The maximum absolute atomic E-state index is 10.1. The fourth-order valence-electron chi connectivity index (χ4n) is 7.30. The molecule has 6 atom stereocenters. The van der Waals surface area contributed by atoms with Crippen LogP contribution in [0.1, 0.15) is 105 Å². The van der Waals surface area contributed by atoms with Gasteiger partial charge in [-0.05, 0) is 98.4 Å². The minimum Gasteiger partial charge on any atom is -0.393 e. The molecule has 0 radical (unpaired) electrons. The van der Waals surface area contributed by atoms with Crippen LogP contribution in [0.15, 0.2) is 35.5 Å². The highest BCUT2D eigenvalue weighted by atomic mass is 16.3. The molecule has 1 N–H and O–H groups in total. The van der Waals surface area contributed by atoms with Gasteiger partial charge in [0, 0.05) is 0 Å². The Bertz CT molecular complexity index is 653. The van der Waals surface area contributed by atoms with Gasteiger partial charge in [0.1, 0.15) is 0 Å². The van der Waals surface area contributed by atoms with Gasteiger partial charge in [-0.15, -0.1) is 0 Å². The van der Waals surface area contributed by atoms with E-state index in [1.807, 2.05) is 0 Å². The minimum absolute atomic E-state index is 0.175. The lowest BCUT2D eigenvalue weighted by Gasteiger charge is -2.44. The number of rotatable bonds is 7. The molecule has 0 aromatic carbocycles. The van der Waals surface area contributed by atoms with E-state index in [1.54, 1.807) is 5.57 Å². The second kappa shape index (κ2) is 10.2. The molecule has 3 fully saturated rings. The van der Waals surface area contributed by atoms with E-state index >= 15 is 0 Å². The van der Waals surface area contributed by atoms with Gasteiger partial charge in [0.25, 0.3) is 0 Å². The van der Waals surface area contributed by atoms with Gasteiger partial charge in [-0.2, -0.15) is 0 Å². The highest BCUT2D eigenvalue weighted by Crippen LogP contribution is 2.60. The summed E-state index contributed by atoms with van der Waals surface area (Å²) in [5.41, 5.74) is 4.71. The Balaban J connectivity index is 1.69. The summed E-state index contributed by atoms with van der Waals surface area (Å²) in [6, 6.07) is 0. The second-order valence-electron chi connectivity index (χ2n) is 11.5. The molecule has 3 saturated carbocycles. The zero-order valence-electron chi connectivity index (χ0n) is 20.6. The highest BCUT2D eigenvalue weighted by Gasteiger charge is 2.50. The largest absolute Gasteiger partial charge is 0.393 e. The van der Waals surface area contributed by atoms with Crippen LogP contribution in [0.25, 0.3) is 0 Å². The van der Waals surface area contributed by atoms with Crippen molar-refractivity contribution in [2.45, 2.75) is 111 Å². The van der Waals surface area contributed by atoms with Crippen LogP contribution in [-0.2, 0) is 0 Å². The minimum atomic E-state index is -0.175. The van der Waals surface area contributed by atoms with E-state index < -0.39 is 0 Å². The Morgan fingerprint density at radius 1 is 1.10 bits per heavy atom. The Hall–Kier alpha value is -0.820. The molecular weight excluding hydrogens is 364 g/mol. The quantitative estimate of drug-likeness (QED) is 0.446. The Morgan fingerprint density at radius 2 is 1.87 bits per heavy atom. The first-order chi connectivity index (χ1) is 14.3. The predicted molar refractivity (Wildman–Crippen MR) is 130 cm³/mol. The molecule has 1 heteroatoms. The smallest absolute Gasteiger partial charge is 0.0583 e. The molecule has 3 aliphatic carbocycles. The number of hydrogen-bond acceptors (Lipinski definition) is 1. The molecule has 0 aromatic heterocycles. The van der Waals surface area contributed by atoms with Gasteiger partial charge in [0.05, 0.1) is 6.10 Å². The van der Waals surface area contributed by atoms with Crippen LogP contribution in [0.5, 0.6) is 0 Å². The monoisotopic (exact) mass is 412 g/mol. The zero-order chi connectivity index (χ0) is 21.9. The van der Waals surface area contributed by atoms with Crippen LogP contribution in [0, 0.1) is 35.0 Å². The van der Waals surface area contributed by atoms with Crippen molar-refractivity contribution in [2.24, 2.45) is 35.0 Å². The standard InChI is InChI=1S/C29H48O/c1-7-23(20(2)3)12-10-22(5)27-16-17-28-24(9-8-18-29(27,28)6)13-14-25-19-26(30)15-11-21(25)4/h13-14,20,22-23,26-28,30H,4,7-12,15-19H2,1-3,5-6H3/b24-13+,25-14+/t22-,23+,26+,27-,28+,29-/m1/s1. The molecule has 0 spiro atoms. The van der Waals surface area contributed by atoms with E-state index in [0.29, 0.717) is 5.41 Å². The average Bonchev–Trinajstić information content (AvgIpc) is 3.06. The Labute approximate surface area is 187 Å². The van der Waals surface area contributed by atoms with Crippen LogP contribution >= 0.6 is 0 Å². The maximum Gasteiger partial charge on any atom is 0.0583 e. The summed E-state index contributed by atoms with van der Waals surface area (Å²) in [7, 11) is 0. The van der Waals surface area contributed by atoms with Crippen molar-refractivity contribution in [2.75, 3.05) is 0 Å². The number of aliphatic hydroxyl groups is 1. The molecule has 3 aliphatic rings. The molecule has 0 heterocycles. The summed E-state index contributed by atoms with van der Waals surface area (Å²) in [6.45, 7) is 16.6. The van der Waals surface area contributed by atoms with Gasteiger partial charge >= 0.3 is 0 Å². The van der Waals surface area contributed by atoms with Gasteiger partial charge in [0.2, 0.25) is 0 Å². The Morgan fingerprint density at radius 3 is 2.57 bits per heavy atom. The molecule has 0 unspecified atom stereocenters. The van der Waals surface area contributed by atoms with Crippen molar-refractivity contribution in [1.82, 2.24) is 0 Å². The van der Waals surface area contributed by atoms with Crippen molar-refractivity contribution < 1.29 is 5.11 Å². The van der Waals surface area contributed by atoms with E-state index in [9.17, 15) is 5.11 Å². The van der Waals surface area contributed by atoms with Crippen molar-refractivity contribution in [3.05, 3.63) is 35.5 Å². The summed E-state index contributed by atoms with van der Waals surface area (Å²) in [6.07, 6.45) is 18.2. The first kappa shape index (κ1) is 23.8. The van der Waals surface area contributed by atoms with E-state index in [1.165, 1.54) is 62.5 Å². The lowest BCUT2D eigenvalue weighted by molar-refractivity contribution is 0.0900. The molecule has 0 bridgehead atoms. The zero-order valence-corrected chi connectivity index (χ0v) is 20.6. The van der Waals surface area contributed by atoms with Crippen LogP contribution in [0.2, 0.25) is 0 Å². The third kappa shape index (κ3) is 5.14. The molecule has 0 aromatic rings. The molecule has 0 saturated heterocycles. The predicted octanol–water partition coefficient (Wildman–Crippen LogP) is 8.26. The normalized spacial score (nSPS) is 37.0. The number of hydrogen-bond donors (Lipinski definition) is 1. The third-order valence-corrected chi connectivity index (χ3v) is 9.37. The van der Waals surface area contributed by atoms with Gasteiger partial charge in [-0.1, -0.05) is 77.3 Å². The van der Waals surface area contributed by atoms with Gasteiger partial charge < -0.3 is 5.11 Å². The van der Waals surface area contributed by atoms with E-state index in [4.69, 9.17) is 0 Å². The number of fused-ring (bicyclic) bond motifs is 1. The van der Waals surface area contributed by atoms with E-state index in [-0.39, 0.29) is 6.10 Å². The highest BCUT2D eigenvalue weighted by molar-refractivity contribution is 5.36. The fraction of sp³-hybridized carbons (Fsp3) is 0.793. The topological polar surface area (TPSA) is 20.2 Å². The van der Waals surface area contributed by atoms with Crippen LogP contribution in [-0.4, -0.2) is 11.2 Å². The van der Waals surface area contributed by atoms with Gasteiger partial charge in [-0.3, -0.25) is 0 Å². The maximum atomic E-state index is 10.1. The fourth-order valence-corrected chi connectivity index (χ4v) is 7.30.